The summed E-state index contributed by atoms with van der Waals surface area (Å²) in [5.41, 5.74) is -0.452. The molecule has 1 aromatic rings. The van der Waals surface area contributed by atoms with Crippen molar-refractivity contribution < 1.29 is 24.4 Å². The van der Waals surface area contributed by atoms with Gasteiger partial charge in [0.1, 0.15) is 0 Å². The normalized spacial score (nSPS) is 26.0. The van der Waals surface area contributed by atoms with E-state index in [1.54, 1.807) is 11.0 Å². The second-order valence-corrected chi connectivity index (χ2v) is 6.36. The van der Waals surface area contributed by atoms with Crippen LogP contribution in [0.15, 0.2) is 24.3 Å². The van der Waals surface area contributed by atoms with Crippen LogP contribution in [-0.2, 0) is 20.7 Å². The topological polar surface area (TPSA) is 110 Å². The first-order valence-electron chi connectivity index (χ1n) is 7.74. The lowest BCUT2D eigenvalue weighted by atomic mass is 9.74. The highest BCUT2D eigenvalue weighted by atomic mass is 16.6. The van der Waals surface area contributed by atoms with Crippen LogP contribution < -0.4 is 0 Å². The number of carbonyl (C=O) groups excluding carboxylic acids is 1. The van der Waals surface area contributed by atoms with Crippen LogP contribution in [0.25, 0.3) is 0 Å². The van der Waals surface area contributed by atoms with Crippen molar-refractivity contribution in [1.29, 1.82) is 0 Å². The zero-order valence-corrected chi connectivity index (χ0v) is 13.0. The molecule has 0 aromatic heterocycles. The molecular formula is C16H18N2O6. The molecule has 1 amide bonds. The molecule has 0 bridgehead atoms. The van der Waals surface area contributed by atoms with Gasteiger partial charge in [-0.25, -0.2) is 0 Å². The highest BCUT2D eigenvalue weighted by Crippen LogP contribution is 2.42. The number of carbonyl (C=O) groups is 2. The van der Waals surface area contributed by atoms with E-state index in [-0.39, 0.29) is 30.5 Å². The molecule has 0 unspecified atom stereocenters. The number of likely N-dealkylation sites (tertiary alicyclic amines) is 1. The lowest BCUT2D eigenvalue weighted by molar-refractivity contribution is -0.384. The van der Waals surface area contributed by atoms with Gasteiger partial charge in [-0.1, -0.05) is 12.1 Å². The molecule has 2 aliphatic rings. The summed E-state index contributed by atoms with van der Waals surface area (Å²) in [6, 6.07) is 5.94. The van der Waals surface area contributed by atoms with Gasteiger partial charge in [0.25, 0.3) is 5.69 Å². The van der Waals surface area contributed by atoms with Gasteiger partial charge in [0, 0.05) is 37.7 Å². The Balaban J connectivity index is 1.73. The minimum absolute atomic E-state index is 0.0188. The Hall–Kier alpha value is -2.48. The summed E-state index contributed by atoms with van der Waals surface area (Å²) in [5.74, 6) is -1.32. The molecule has 8 nitrogen and oxygen atoms in total. The van der Waals surface area contributed by atoms with Crippen molar-refractivity contribution in [2.45, 2.75) is 12.8 Å². The van der Waals surface area contributed by atoms with E-state index in [4.69, 9.17) is 4.74 Å². The number of carboxylic acids is 1. The Kier molecular flexibility index (Phi) is 4.23. The van der Waals surface area contributed by atoms with E-state index in [9.17, 15) is 24.8 Å². The smallest absolute Gasteiger partial charge is 0.311 e. The molecule has 2 saturated heterocycles. The summed E-state index contributed by atoms with van der Waals surface area (Å²) in [5, 5.41) is 20.4. The standard InChI is InChI=1S/C16H18N2O6/c19-14(7-11-2-1-3-13(6-11)18(22)23)17-8-12-9-24-5-4-16(12,10-17)15(20)21/h1-3,6,12H,4-5,7-10H2,(H,20,21)/t12-,16+/m0/s1. The summed E-state index contributed by atoms with van der Waals surface area (Å²) in [6.07, 6.45) is 0.415. The van der Waals surface area contributed by atoms with Crippen molar-refractivity contribution in [2.24, 2.45) is 11.3 Å². The molecule has 0 radical (unpaired) electrons. The van der Waals surface area contributed by atoms with E-state index in [0.717, 1.165) is 0 Å². The highest BCUT2D eigenvalue weighted by molar-refractivity contribution is 5.82. The predicted octanol–water partition coefficient (Wildman–Crippen LogP) is 1.09. The van der Waals surface area contributed by atoms with Crippen LogP contribution in [0.4, 0.5) is 5.69 Å². The van der Waals surface area contributed by atoms with Crippen LogP contribution >= 0.6 is 0 Å². The second-order valence-electron chi connectivity index (χ2n) is 6.36. The predicted molar refractivity (Wildman–Crippen MR) is 82.4 cm³/mol. The van der Waals surface area contributed by atoms with Crippen molar-refractivity contribution >= 4 is 17.6 Å². The Morgan fingerprint density at radius 3 is 2.92 bits per heavy atom. The molecular weight excluding hydrogens is 316 g/mol. The van der Waals surface area contributed by atoms with Crippen LogP contribution in [0, 0.1) is 21.4 Å². The Morgan fingerprint density at radius 2 is 2.25 bits per heavy atom. The first kappa shape index (κ1) is 16.4. The third-order valence-electron chi connectivity index (χ3n) is 4.96. The van der Waals surface area contributed by atoms with Gasteiger partial charge >= 0.3 is 5.97 Å². The number of nitrogens with zero attached hydrogens (tertiary/aromatic N) is 2. The van der Waals surface area contributed by atoms with Gasteiger partial charge in [-0.15, -0.1) is 0 Å². The number of non-ortho nitro benzene ring substituents is 1. The van der Waals surface area contributed by atoms with E-state index in [1.165, 1.54) is 18.2 Å². The average Bonchev–Trinajstić information content (AvgIpc) is 2.96. The molecule has 1 aromatic carbocycles. The van der Waals surface area contributed by atoms with E-state index in [1.807, 2.05) is 0 Å². The summed E-state index contributed by atoms with van der Waals surface area (Å²) >= 11 is 0. The number of benzene rings is 1. The van der Waals surface area contributed by atoms with Crippen molar-refractivity contribution in [3.63, 3.8) is 0 Å². The van der Waals surface area contributed by atoms with Crippen LogP contribution in [0.3, 0.4) is 0 Å². The van der Waals surface area contributed by atoms with Gasteiger partial charge in [-0.05, 0) is 12.0 Å². The van der Waals surface area contributed by atoms with E-state index in [0.29, 0.717) is 31.7 Å². The molecule has 2 heterocycles. The maximum absolute atomic E-state index is 12.5. The minimum Gasteiger partial charge on any atom is -0.481 e. The molecule has 2 aliphatic heterocycles. The van der Waals surface area contributed by atoms with Crippen molar-refractivity contribution in [2.75, 3.05) is 26.3 Å². The molecule has 128 valence electrons. The van der Waals surface area contributed by atoms with Gasteiger partial charge < -0.3 is 14.7 Å². The lowest BCUT2D eigenvalue weighted by Crippen LogP contribution is -2.45. The molecule has 0 aliphatic carbocycles. The fourth-order valence-electron chi connectivity index (χ4n) is 3.56. The van der Waals surface area contributed by atoms with E-state index in [2.05, 4.69) is 0 Å². The quantitative estimate of drug-likeness (QED) is 0.652. The number of fused-ring (bicyclic) bond motifs is 1. The van der Waals surface area contributed by atoms with Crippen molar-refractivity contribution in [1.82, 2.24) is 4.90 Å². The molecule has 8 heteroatoms. The zero-order valence-electron chi connectivity index (χ0n) is 13.0. The maximum Gasteiger partial charge on any atom is 0.311 e. The fraction of sp³-hybridized carbons (Fsp3) is 0.500. The van der Waals surface area contributed by atoms with Gasteiger partial charge in [0.2, 0.25) is 5.91 Å². The number of carboxylic acid groups (broad SMARTS) is 1. The van der Waals surface area contributed by atoms with Gasteiger partial charge in [0.05, 0.1) is 23.4 Å². The number of amides is 1. The molecule has 1 N–H and O–H groups in total. The molecule has 0 spiro atoms. The minimum atomic E-state index is -0.934. The maximum atomic E-state index is 12.5. The number of nitro groups is 1. The highest BCUT2D eigenvalue weighted by Gasteiger charge is 2.54. The second kappa shape index (κ2) is 6.20. The number of nitro benzene ring substituents is 1. The number of hydrogen-bond acceptors (Lipinski definition) is 5. The number of hydrogen-bond donors (Lipinski definition) is 1. The number of rotatable bonds is 4. The van der Waals surface area contributed by atoms with E-state index < -0.39 is 16.3 Å². The first-order chi connectivity index (χ1) is 11.4. The number of ether oxygens (including phenoxy) is 1. The summed E-state index contributed by atoms with van der Waals surface area (Å²) < 4.78 is 5.37. The Morgan fingerprint density at radius 1 is 1.46 bits per heavy atom. The Bertz CT molecular complexity index is 691. The summed E-state index contributed by atoms with van der Waals surface area (Å²) in [4.78, 5) is 36.1. The Labute approximate surface area is 138 Å². The van der Waals surface area contributed by atoms with E-state index >= 15 is 0 Å². The zero-order chi connectivity index (χ0) is 17.3. The third-order valence-corrected chi connectivity index (χ3v) is 4.96. The van der Waals surface area contributed by atoms with Crippen LogP contribution in [0.2, 0.25) is 0 Å². The van der Waals surface area contributed by atoms with Gasteiger partial charge in [-0.2, -0.15) is 0 Å². The largest absolute Gasteiger partial charge is 0.481 e. The summed E-state index contributed by atoms with van der Waals surface area (Å²) in [7, 11) is 0. The molecule has 24 heavy (non-hydrogen) atoms. The van der Waals surface area contributed by atoms with Crippen molar-refractivity contribution in [3.05, 3.63) is 39.9 Å². The van der Waals surface area contributed by atoms with Crippen LogP contribution in [0.5, 0.6) is 0 Å². The first-order valence-corrected chi connectivity index (χ1v) is 7.74. The lowest BCUT2D eigenvalue weighted by Gasteiger charge is -2.33. The molecule has 2 atom stereocenters. The monoisotopic (exact) mass is 334 g/mol. The average molecular weight is 334 g/mol. The van der Waals surface area contributed by atoms with Crippen LogP contribution in [0.1, 0.15) is 12.0 Å². The SMILES string of the molecule is O=C(Cc1cccc([N+](=O)[O-])c1)N1C[C@H]2COCC[C@@]2(C(=O)O)C1. The summed E-state index contributed by atoms with van der Waals surface area (Å²) in [6.45, 7) is 1.24. The van der Waals surface area contributed by atoms with Gasteiger partial charge in [0.15, 0.2) is 0 Å². The van der Waals surface area contributed by atoms with Crippen LogP contribution in [-0.4, -0.2) is 53.1 Å². The molecule has 0 saturated carbocycles. The third kappa shape index (κ3) is 2.84. The molecule has 3 rings (SSSR count). The number of aliphatic carboxylic acids is 1. The van der Waals surface area contributed by atoms with Gasteiger partial charge in [-0.3, -0.25) is 19.7 Å². The fourth-order valence-corrected chi connectivity index (χ4v) is 3.56. The van der Waals surface area contributed by atoms with Crippen molar-refractivity contribution in [3.8, 4) is 0 Å². The molecule has 2 fully saturated rings.